The van der Waals surface area contributed by atoms with E-state index in [4.69, 9.17) is 5.73 Å². The van der Waals surface area contributed by atoms with Crippen LogP contribution in [-0.4, -0.2) is 28.8 Å². The van der Waals surface area contributed by atoms with Gasteiger partial charge in [-0.1, -0.05) is 0 Å². The molecule has 0 saturated carbocycles. The highest BCUT2D eigenvalue weighted by Crippen LogP contribution is 2.11. The predicted octanol–water partition coefficient (Wildman–Crippen LogP) is 0.0637. The molecule has 90 valence electrons. The van der Waals surface area contributed by atoms with E-state index in [0.717, 1.165) is 12.1 Å². The molecule has 0 aliphatic heterocycles. The summed E-state index contributed by atoms with van der Waals surface area (Å²) >= 11 is 0. The number of hydrogen-bond donors (Lipinski definition) is 2. The van der Waals surface area contributed by atoms with Crippen LogP contribution in [0.5, 0.6) is 0 Å². The van der Waals surface area contributed by atoms with Gasteiger partial charge in [-0.05, 0) is 19.9 Å². The summed E-state index contributed by atoms with van der Waals surface area (Å²) in [6.07, 6.45) is 2.53. The van der Waals surface area contributed by atoms with Crippen LogP contribution < -0.4 is 11.1 Å². The maximum Gasteiger partial charge on any atom is 0.226 e. The van der Waals surface area contributed by atoms with Gasteiger partial charge in [-0.25, -0.2) is 0 Å². The average molecular weight is 224 g/mol. The van der Waals surface area contributed by atoms with Crippen LogP contribution in [0.2, 0.25) is 0 Å². The van der Waals surface area contributed by atoms with Crippen LogP contribution in [0.3, 0.4) is 0 Å². The molecule has 0 bridgehead atoms. The van der Waals surface area contributed by atoms with Gasteiger partial charge in [-0.3, -0.25) is 9.48 Å². The molecule has 1 amide bonds. The maximum absolute atomic E-state index is 11.7. The van der Waals surface area contributed by atoms with Crippen molar-refractivity contribution in [3.05, 3.63) is 18.0 Å². The van der Waals surface area contributed by atoms with Gasteiger partial charge in [0.15, 0.2) is 0 Å². The van der Waals surface area contributed by atoms with Gasteiger partial charge in [0.05, 0.1) is 5.41 Å². The van der Waals surface area contributed by atoms with Gasteiger partial charge in [0, 0.05) is 38.4 Å². The van der Waals surface area contributed by atoms with Crippen LogP contribution in [-0.2, 0) is 18.3 Å². The van der Waals surface area contributed by atoms with Gasteiger partial charge in [-0.2, -0.15) is 5.10 Å². The molecule has 5 heteroatoms. The van der Waals surface area contributed by atoms with Gasteiger partial charge in [0.1, 0.15) is 0 Å². The van der Waals surface area contributed by atoms with Crippen molar-refractivity contribution in [2.24, 2.45) is 18.2 Å². The summed E-state index contributed by atoms with van der Waals surface area (Å²) in [6, 6.07) is 1.94. The van der Waals surface area contributed by atoms with Crippen molar-refractivity contribution in [2.75, 3.05) is 13.1 Å². The summed E-state index contributed by atoms with van der Waals surface area (Å²) < 4.78 is 1.81. The first-order chi connectivity index (χ1) is 7.47. The zero-order valence-corrected chi connectivity index (χ0v) is 10.2. The summed E-state index contributed by atoms with van der Waals surface area (Å²) in [5.41, 5.74) is 6.13. The Hall–Kier alpha value is -1.36. The highest BCUT2D eigenvalue weighted by atomic mass is 16.2. The number of carbonyl (C=O) groups excluding carboxylic acids is 1. The molecule has 1 aromatic rings. The summed E-state index contributed by atoms with van der Waals surface area (Å²) in [6.45, 7) is 4.64. The molecule has 0 unspecified atom stereocenters. The molecule has 3 N–H and O–H groups in total. The number of rotatable bonds is 5. The number of nitrogens with two attached hydrogens (primary N) is 1. The number of carbonyl (C=O) groups is 1. The first-order valence-corrected chi connectivity index (χ1v) is 5.42. The van der Waals surface area contributed by atoms with Gasteiger partial charge < -0.3 is 11.1 Å². The Bertz CT molecular complexity index is 357. The molecule has 0 aliphatic rings. The second-order valence-corrected chi connectivity index (χ2v) is 4.54. The maximum atomic E-state index is 11.7. The zero-order chi connectivity index (χ0) is 12.2. The Balaban J connectivity index is 2.37. The van der Waals surface area contributed by atoms with Gasteiger partial charge in [0.2, 0.25) is 5.91 Å². The van der Waals surface area contributed by atoms with Crippen LogP contribution in [0.1, 0.15) is 19.5 Å². The molecule has 0 fully saturated rings. The largest absolute Gasteiger partial charge is 0.355 e. The van der Waals surface area contributed by atoms with E-state index < -0.39 is 5.41 Å². The molecular formula is C11H20N4O. The third kappa shape index (κ3) is 3.06. The van der Waals surface area contributed by atoms with Crippen LogP contribution >= 0.6 is 0 Å². The van der Waals surface area contributed by atoms with Crippen molar-refractivity contribution in [2.45, 2.75) is 20.3 Å². The minimum Gasteiger partial charge on any atom is -0.355 e. The van der Waals surface area contributed by atoms with E-state index in [1.54, 1.807) is 10.9 Å². The van der Waals surface area contributed by atoms with Crippen LogP contribution in [0.25, 0.3) is 0 Å². The zero-order valence-electron chi connectivity index (χ0n) is 10.2. The first-order valence-electron chi connectivity index (χ1n) is 5.42. The Kier molecular flexibility index (Phi) is 4.06. The third-order valence-corrected chi connectivity index (χ3v) is 2.71. The Morgan fingerprint density at radius 3 is 2.81 bits per heavy atom. The fraction of sp³-hybridized carbons (Fsp3) is 0.636. The van der Waals surface area contributed by atoms with E-state index in [1.807, 2.05) is 27.0 Å². The van der Waals surface area contributed by atoms with E-state index in [-0.39, 0.29) is 5.91 Å². The van der Waals surface area contributed by atoms with Crippen molar-refractivity contribution < 1.29 is 4.79 Å². The number of amides is 1. The van der Waals surface area contributed by atoms with E-state index in [1.165, 1.54) is 0 Å². The van der Waals surface area contributed by atoms with Crippen molar-refractivity contribution in [1.29, 1.82) is 0 Å². The quantitative estimate of drug-likeness (QED) is 0.743. The summed E-state index contributed by atoms with van der Waals surface area (Å²) in [4.78, 5) is 11.7. The molecule has 0 atom stereocenters. The second-order valence-electron chi connectivity index (χ2n) is 4.54. The van der Waals surface area contributed by atoms with Gasteiger partial charge in [-0.15, -0.1) is 0 Å². The monoisotopic (exact) mass is 224 g/mol. The topological polar surface area (TPSA) is 72.9 Å². The summed E-state index contributed by atoms with van der Waals surface area (Å²) in [5, 5.41) is 6.94. The Morgan fingerprint density at radius 2 is 2.31 bits per heavy atom. The second kappa shape index (κ2) is 5.12. The number of hydrogen-bond acceptors (Lipinski definition) is 3. The number of nitrogens with one attached hydrogen (secondary N) is 1. The molecular weight excluding hydrogens is 204 g/mol. The Morgan fingerprint density at radius 1 is 1.62 bits per heavy atom. The van der Waals surface area contributed by atoms with Crippen LogP contribution in [0.4, 0.5) is 0 Å². The lowest BCUT2D eigenvalue weighted by molar-refractivity contribution is -0.128. The highest BCUT2D eigenvalue weighted by Gasteiger charge is 2.24. The van der Waals surface area contributed by atoms with Crippen molar-refractivity contribution in [1.82, 2.24) is 15.1 Å². The molecule has 1 heterocycles. The lowest BCUT2D eigenvalue weighted by Crippen LogP contribution is -2.42. The summed E-state index contributed by atoms with van der Waals surface area (Å²) in [7, 11) is 1.89. The smallest absolute Gasteiger partial charge is 0.226 e. The molecule has 1 aromatic heterocycles. The van der Waals surface area contributed by atoms with E-state index in [0.29, 0.717) is 13.1 Å². The molecule has 0 spiro atoms. The third-order valence-electron chi connectivity index (χ3n) is 2.71. The van der Waals surface area contributed by atoms with Crippen LogP contribution in [0.15, 0.2) is 12.3 Å². The molecule has 5 nitrogen and oxygen atoms in total. The number of nitrogens with zero attached hydrogens (tertiary/aromatic N) is 2. The summed E-state index contributed by atoms with van der Waals surface area (Å²) in [5.74, 6) is -0.00262. The molecule has 0 aromatic carbocycles. The lowest BCUT2D eigenvalue weighted by Gasteiger charge is -2.21. The SMILES string of the molecule is Cn1nccc1CCNC(=O)C(C)(C)CN. The van der Waals surface area contributed by atoms with Crippen molar-refractivity contribution >= 4 is 5.91 Å². The van der Waals surface area contributed by atoms with Gasteiger partial charge in [0.25, 0.3) is 0 Å². The molecule has 16 heavy (non-hydrogen) atoms. The standard InChI is InChI=1S/C11H20N4O/c1-11(2,8-12)10(16)13-6-4-9-5-7-14-15(9)3/h5,7H,4,6,8,12H2,1-3H3,(H,13,16). The van der Waals surface area contributed by atoms with Crippen LogP contribution in [0, 0.1) is 5.41 Å². The Labute approximate surface area is 96.0 Å². The molecule has 1 rings (SSSR count). The molecule has 0 aliphatic carbocycles. The van der Waals surface area contributed by atoms with E-state index in [2.05, 4.69) is 10.4 Å². The van der Waals surface area contributed by atoms with E-state index in [9.17, 15) is 4.79 Å². The fourth-order valence-corrected chi connectivity index (χ4v) is 1.28. The number of aryl methyl sites for hydroxylation is 1. The highest BCUT2D eigenvalue weighted by molar-refractivity contribution is 5.81. The minimum atomic E-state index is -0.494. The van der Waals surface area contributed by atoms with Crippen molar-refractivity contribution in [3.63, 3.8) is 0 Å². The average Bonchev–Trinajstić information content (AvgIpc) is 2.64. The predicted molar refractivity (Wildman–Crippen MR) is 62.8 cm³/mol. The first kappa shape index (κ1) is 12.7. The molecule has 0 radical (unpaired) electrons. The number of aromatic nitrogens is 2. The fourth-order valence-electron chi connectivity index (χ4n) is 1.28. The molecule has 0 saturated heterocycles. The lowest BCUT2D eigenvalue weighted by atomic mass is 9.93. The van der Waals surface area contributed by atoms with E-state index >= 15 is 0 Å². The minimum absolute atomic E-state index is 0.00262. The normalized spacial score (nSPS) is 11.5. The van der Waals surface area contributed by atoms with Crippen molar-refractivity contribution in [3.8, 4) is 0 Å². The van der Waals surface area contributed by atoms with Gasteiger partial charge >= 0.3 is 0 Å².